The van der Waals surface area contributed by atoms with Crippen LogP contribution in [-0.2, 0) is 36.0 Å². The Kier molecular flexibility index (Phi) is 18.9. The molecule has 0 aromatic heterocycles. The first-order chi connectivity index (χ1) is 39.0. The number of piperidine rings is 1. The molecule has 9 rings (SSSR count). The van der Waals surface area contributed by atoms with Crippen molar-refractivity contribution in [1.82, 2.24) is 29.6 Å². The van der Waals surface area contributed by atoms with E-state index >= 15 is 0 Å². The summed E-state index contributed by atoms with van der Waals surface area (Å²) in [5.74, 6) is 4.41. The SMILES string of the molecule is CC1(C)CCC(c2ccc(Cl)cc2)=C(CN2CCN(c3ccc(C(=O)NS(=O)(=O)c4ccc(NCCCN5CCN(CCCCCC#Cc6cccc7c6CN(C6CCC(=O)NC6=O)C7=O)CC5)c(S(=O)(=O)C(F)(F)F)c4)cc3)CC2)C1. The molecule has 22 heteroatoms. The lowest BCUT2D eigenvalue weighted by molar-refractivity contribution is -0.136. The van der Waals surface area contributed by atoms with Crippen molar-refractivity contribution in [1.29, 1.82) is 0 Å². The molecule has 4 aromatic carbocycles. The third kappa shape index (κ3) is 14.5. The zero-order valence-electron chi connectivity index (χ0n) is 46.3. The standard InChI is InChI=1S/C60H70ClF3N8O8S2/c1-59(2)26-25-49(43-13-17-46(61)18-14-43)45(39-59)40-70-34-36-71(37-35-70)47-19-15-44(16-20-47)56(74)67-82(79,80)48-21-22-52(54(38-48)81(77,78)60(62,63)64)65-27-9-29-69-32-30-68(31-33-69)28-7-5-3-4-6-10-42-11-8-12-50-51(42)41-72(58(50)76)53-23-24-55(73)66-57(53)75/h8,11-22,38,53,65H,3-5,7,9,23-37,39-41H2,1-2H3,(H,67,74)(H,66,73,75). The number of rotatable bonds is 19. The van der Waals surface area contributed by atoms with Crippen molar-refractivity contribution in [2.75, 3.05) is 88.8 Å². The number of unbranched alkanes of at least 4 members (excludes halogenated alkanes) is 3. The highest BCUT2D eigenvalue weighted by Crippen LogP contribution is 2.43. The number of hydrogen-bond donors (Lipinski definition) is 3. The Bertz CT molecular complexity index is 3370. The Balaban J connectivity index is 0.702. The number of sulfone groups is 1. The van der Waals surface area contributed by atoms with Gasteiger partial charge in [0.1, 0.15) is 10.9 Å². The van der Waals surface area contributed by atoms with Gasteiger partial charge in [0.25, 0.3) is 31.7 Å². The highest BCUT2D eigenvalue weighted by Gasteiger charge is 2.48. The fourth-order valence-corrected chi connectivity index (χ4v) is 13.7. The van der Waals surface area contributed by atoms with Gasteiger partial charge in [-0.2, -0.15) is 13.2 Å². The average Bonchev–Trinajstić information content (AvgIpc) is 3.08. The van der Waals surface area contributed by atoms with Crippen LogP contribution in [0.5, 0.6) is 0 Å². The number of fused-ring (bicyclic) bond motifs is 1. The first-order valence-electron chi connectivity index (χ1n) is 28.1. The van der Waals surface area contributed by atoms with Crippen molar-refractivity contribution in [3.63, 3.8) is 0 Å². The molecule has 0 spiro atoms. The number of allylic oxidation sites excluding steroid dienone is 1. The Morgan fingerprint density at radius 1 is 0.805 bits per heavy atom. The molecule has 3 fully saturated rings. The van der Waals surface area contributed by atoms with E-state index in [-0.39, 0.29) is 42.3 Å². The van der Waals surface area contributed by atoms with Crippen LogP contribution in [0.15, 0.2) is 100 Å². The number of sulfonamides is 1. The van der Waals surface area contributed by atoms with Crippen LogP contribution < -0.4 is 20.3 Å². The van der Waals surface area contributed by atoms with E-state index in [1.54, 1.807) is 24.3 Å². The molecular weight excluding hydrogens is 1120 g/mol. The highest BCUT2D eigenvalue weighted by atomic mass is 35.5. The fraction of sp³-hybridized carbons (Fsp3) is 0.467. The molecule has 3 N–H and O–H groups in total. The summed E-state index contributed by atoms with van der Waals surface area (Å²) in [5, 5.41) is 5.81. The molecular formula is C60H70ClF3N8O8S2. The van der Waals surface area contributed by atoms with Gasteiger partial charge in [-0.1, -0.05) is 67.5 Å². The summed E-state index contributed by atoms with van der Waals surface area (Å²) in [6, 6.07) is 21.5. The van der Waals surface area contributed by atoms with Crippen LogP contribution in [0, 0.1) is 17.3 Å². The van der Waals surface area contributed by atoms with Crippen LogP contribution >= 0.6 is 11.6 Å². The summed E-state index contributed by atoms with van der Waals surface area (Å²) in [5.41, 5.74) is 1.02. The topological polar surface area (TPSA) is 189 Å². The van der Waals surface area contributed by atoms with Gasteiger partial charge in [-0.3, -0.25) is 29.4 Å². The number of hydrogen-bond acceptors (Lipinski definition) is 13. The second-order valence-electron chi connectivity index (χ2n) is 22.6. The van der Waals surface area contributed by atoms with E-state index in [9.17, 15) is 49.2 Å². The lowest BCUT2D eigenvalue weighted by Crippen LogP contribution is -2.52. The Labute approximate surface area is 483 Å². The predicted molar refractivity (Wildman–Crippen MR) is 309 cm³/mol. The molecule has 1 aliphatic carbocycles. The summed E-state index contributed by atoms with van der Waals surface area (Å²) in [7, 11) is -10.9. The molecule has 4 aliphatic heterocycles. The molecule has 82 heavy (non-hydrogen) atoms. The van der Waals surface area contributed by atoms with Crippen LogP contribution in [-0.4, -0.2) is 150 Å². The van der Waals surface area contributed by atoms with Gasteiger partial charge in [0.05, 0.1) is 10.6 Å². The van der Waals surface area contributed by atoms with E-state index in [0.29, 0.717) is 42.5 Å². The number of carbonyl (C=O) groups is 4. The van der Waals surface area contributed by atoms with Gasteiger partial charge in [0.15, 0.2) is 0 Å². The lowest BCUT2D eigenvalue weighted by Gasteiger charge is -2.39. The number of piperazine rings is 2. The second kappa shape index (κ2) is 25.7. The number of benzene rings is 4. The van der Waals surface area contributed by atoms with Crippen LogP contribution in [0.1, 0.15) is 115 Å². The first kappa shape index (κ1) is 60.3. The monoisotopic (exact) mass is 1190 g/mol. The summed E-state index contributed by atoms with van der Waals surface area (Å²) in [4.78, 5) is 59.2. The number of amides is 4. The molecule has 0 radical (unpaired) electrons. The third-order valence-electron chi connectivity index (χ3n) is 16.2. The number of nitrogens with zero attached hydrogens (tertiary/aromatic N) is 5. The molecule has 0 saturated carbocycles. The second-order valence-corrected chi connectivity index (χ2v) is 26.6. The van der Waals surface area contributed by atoms with E-state index < -0.39 is 58.7 Å². The molecule has 438 valence electrons. The summed E-state index contributed by atoms with van der Waals surface area (Å²) < 4.78 is 96.8. The quantitative estimate of drug-likeness (QED) is 0.0462. The maximum Gasteiger partial charge on any atom is 0.501 e. The van der Waals surface area contributed by atoms with E-state index in [2.05, 4.69) is 68.1 Å². The van der Waals surface area contributed by atoms with Gasteiger partial charge in [0, 0.05) is 112 Å². The normalized spacial score (nSPS) is 19.4. The Morgan fingerprint density at radius 2 is 1.49 bits per heavy atom. The summed E-state index contributed by atoms with van der Waals surface area (Å²) >= 11 is 6.20. The van der Waals surface area contributed by atoms with Crippen LogP contribution in [0.2, 0.25) is 5.02 Å². The van der Waals surface area contributed by atoms with E-state index in [4.69, 9.17) is 11.6 Å². The minimum atomic E-state index is -6.02. The zero-order chi connectivity index (χ0) is 58.4. The van der Waals surface area contributed by atoms with Crippen molar-refractivity contribution in [2.45, 2.75) is 106 Å². The largest absolute Gasteiger partial charge is 0.501 e. The molecule has 0 bridgehead atoms. The molecule has 4 amide bonds. The molecule has 16 nitrogen and oxygen atoms in total. The number of imide groups is 1. The van der Waals surface area contributed by atoms with Crippen molar-refractivity contribution in [3.05, 3.63) is 123 Å². The van der Waals surface area contributed by atoms with Crippen LogP contribution in [0.4, 0.5) is 24.5 Å². The number of nitrogens with one attached hydrogen (secondary N) is 3. The third-order valence-corrected chi connectivity index (χ3v) is 19.3. The maximum absolute atomic E-state index is 14.0. The minimum Gasteiger partial charge on any atom is -0.384 e. The first-order valence-corrected chi connectivity index (χ1v) is 31.4. The molecule has 4 heterocycles. The van der Waals surface area contributed by atoms with Gasteiger partial charge in [-0.25, -0.2) is 21.6 Å². The van der Waals surface area contributed by atoms with E-state index in [0.717, 1.165) is 133 Å². The van der Waals surface area contributed by atoms with Crippen molar-refractivity contribution < 1.29 is 49.2 Å². The Morgan fingerprint density at radius 3 is 2.17 bits per heavy atom. The van der Waals surface area contributed by atoms with Gasteiger partial charge < -0.3 is 24.9 Å². The molecule has 4 aromatic rings. The predicted octanol–water partition coefficient (Wildman–Crippen LogP) is 8.33. The van der Waals surface area contributed by atoms with Gasteiger partial charge >= 0.3 is 5.51 Å². The van der Waals surface area contributed by atoms with Gasteiger partial charge in [-0.15, -0.1) is 0 Å². The van der Waals surface area contributed by atoms with Gasteiger partial charge in [0.2, 0.25) is 11.8 Å². The minimum absolute atomic E-state index is 0.0109. The number of halogens is 4. The molecule has 3 saturated heterocycles. The maximum atomic E-state index is 14.0. The zero-order valence-corrected chi connectivity index (χ0v) is 48.6. The van der Waals surface area contributed by atoms with Crippen LogP contribution in [0.25, 0.3) is 5.57 Å². The van der Waals surface area contributed by atoms with Gasteiger partial charge in [-0.05, 0) is 147 Å². The summed E-state index contributed by atoms with van der Waals surface area (Å²) in [6.45, 7) is 13.7. The number of anilines is 2. The van der Waals surface area contributed by atoms with Crippen molar-refractivity contribution in [3.8, 4) is 11.8 Å². The van der Waals surface area contributed by atoms with E-state index in [1.807, 2.05) is 22.9 Å². The van der Waals surface area contributed by atoms with Crippen molar-refractivity contribution in [2.24, 2.45) is 5.41 Å². The fourth-order valence-electron chi connectivity index (χ4n) is 11.6. The van der Waals surface area contributed by atoms with Crippen LogP contribution in [0.3, 0.4) is 0 Å². The molecule has 1 unspecified atom stereocenters. The smallest absolute Gasteiger partial charge is 0.384 e. The molecule has 1 atom stereocenters. The summed E-state index contributed by atoms with van der Waals surface area (Å²) in [6.07, 6.45) is 7.62. The molecule has 5 aliphatic rings. The van der Waals surface area contributed by atoms with E-state index in [1.165, 1.54) is 33.7 Å². The number of alkyl halides is 3. The average molecular weight is 1190 g/mol. The Hall–Kier alpha value is -6.28. The highest BCUT2D eigenvalue weighted by molar-refractivity contribution is 7.92. The lowest BCUT2D eigenvalue weighted by atomic mass is 9.73. The van der Waals surface area contributed by atoms with Crippen molar-refractivity contribution >= 4 is 72.0 Å². The number of carbonyl (C=O) groups excluding carboxylic acids is 4.